The second-order valence-electron chi connectivity index (χ2n) is 28.9. The molecule has 0 fully saturated rings. The van der Waals surface area contributed by atoms with Gasteiger partial charge in [-0.2, -0.15) is 0 Å². The number of carbonyl (C=O) groups excluding carboxylic acids is 4. The number of phosphoric ester groups is 2. The van der Waals surface area contributed by atoms with Crippen molar-refractivity contribution in [2.75, 3.05) is 39.6 Å². The highest BCUT2D eigenvalue weighted by Gasteiger charge is 2.30. The molecule has 0 rings (SSSR count). The van der Waals surface area contributed by atoms with E-state index < -0.39 is 97.5 Å². The standard InChI is InChI=1S/C77H150O17P2/c1-9-68(6)54-46-38-30-24-18-14-12-13-15-19-27-33-43-51-59-76(81)93-72(63-87-74(79)57-49-41-32-26-20-16-17-23-29-37-45-53-67(4)5)65-91-95(83,84)89-61-71(78)62-90-96(85,86)92-66-73(64-88-75(80)58-50-42-36-35-40-48-56-70(8)11-3)94-77(82)60-52-44-34-28-22-21-25-31-39-47-55-69(7)10-2/h67-73,78H,9-66H2,1-8H3,(H,83,84)(H,85,86)/t68?,69?,70?,71-,72-,73-/m1/s1. The first-order chi connectivity index (χ1) is 46.2. The van der Waals surface area contributed by atoms with Gasteiger partial charge in [-0.15, -0.1) is 0 Å². The summed E-state index contributed by atoms with van der Waals surface area (Å²) in [6.07, 6.45) is 51.2. The van der Waals surface area contributed by atoms with Crippen LogP contribution < -0.4 is 0 Å². The van der Waals surface area contributed by atoms with E-state index in [4.69, 9.17) is 37.0 Å². The molecule has 96 heavy (non-hydrogen) atoms. The van der Waals surface area contributed by atoms with Crippen molar-refractivity contribution < 1.29 is 80.2 Å². The van der Waals surface area contributed by atoms with Crippen molar-refractivity contribution in [3.63, 3.8) is 0 Å². The molecular weight excluding hydrogens is 1260 g/mol. The van der Waals surface area contributed by atoms with Gasteiger partial charge in [0.1, 0.15) is 19.3 Å². The largest absolute Gasteiger partial charge is 0.472 e. The molecule has 0 aromatic heterocycles. The summed E-state index contributed by atoms with van der Waals surface area (Å²) in [5.74, 6) is 1.03. The van der Waals surface area contributed by atoms with E-state index in [-0.39, 0.29) is 25.7 Å². The van der Waals surface area contributed by atoms with Crippen LogP contribution in [0.5, 0.6) is 0 Å². The number of hydrogen-bond donors (Lipinski definition) is 3. The Morgan fingerprint density at radius 3 is 0.740 bits per heavy atom. The van der Waals surface area contributed by atoms with Crippen molar-refractivity contribution in [2.45, 2.75) is 408 Å². The lowest BCUT2D eigenvalue weighted by atomic mass is 9.99. The Labute approximate surface area is 588 Å². The Morgan fingerprint density at radius 1 is 0.292 bits per heavy atom. The van der Waals surface area contributed by atoms with Crippen LogP contribution in [0.1, 0.15) is 389 Å². The zero-order valence-corrected chi connectivity index (χ0v) is 64.8. The first-order valence-corrected chi connectivity index (χ1v) is 42.8. The minimum absolute atomic E-state index is 0.105. The van der Waals surface area contributed by atoms with Crippen molar-refractivity contribution in [3.05, 3.63) is 0 Å². The Kier molecular flexibility index (Phi) is 65.0. The van der Waals surface area contributed by atoms with Crippen LogP contribution in [0.15, 0.2) is 0 Å². The van der Waals surface area contributed by atoms with Gasteiger partial charge in [-0.25, -0.2) is 9.13 Å². The molecule has 0 radical (unpaired) electrons. The number of aliphatic hydroxyl groups excluding tert-OH is 1. The Bertz CT molecular complexity index is 1890. The topological polar surface area (TPSA) is 237 Å². The number of unbranched alkanes of at least 4 members (excludes halogenated alkanes) is 37. The number of esters is 4. The van der Waals surface area contributed by atoms with Crippen molar-refractivity contribution in [2.24, 2.45) is 23.7 Å². The second-order valence-corrected chi connectivity index (χ2v) is 31.9. The average molecular weight is 1410 g/mol. The fourth-order valence-electron chi connectivity index (χ4n) is 11.6. The summed E-state index contributed by atoms with van der Waals surface area (Å²) in [7, 11) is -9.92. The maximum atomic E-state index is 13.1. The van der Waals surface area contributed by atoms with Gasteiger partial charge in [0.2, 0.25) is 0 Å². The van der Waals surface area contributed by atoms with Crippen molar-refractivity contribution in [1.82, 2.24) is 0 Å². The molecule has 0 aliphatic heterocycles. The third kappa shape index (κ3) is 66.6. The molecule has 0 heterocycles. The van der Waals surface area contributed by atoms with E-state index in [1.165, 1.54) is 186 Å². The lowest BCUT2D eigenvalue weighted by molar-refractivity contribution is -0.161. The van der Waals surface area contributed by atoms with Gasteiger partial charge in [-0.05, 0) is 49.4 Å². The van der Waals surface area contributed by atoms with E-state index >= 15 is 0 Å². The SMILES string of the molecule is CCC(C)CCCCCCCCCCCCCCCCC(=O)O[C@H](COC(=O)CCCCCCCCCCCCCC(C)C)COP(=O)(O)OC[C@@H](O)COP(=O)(O)OC[C@@H](COC(=O)CCCCCCCCC(C)CC)OC(=O)CCCCCCCCCCCCC(C)CC. The average Bonchev–Trinajstić information content (AvgIpc) is 1.22. The lowest BCUT2D eigenvalue weighted by Gasteiger charge is -2.21. The predicted molar refractivity (Wildman–Crippen MR) is 391 cm³/mol. The number of hydrogen-bond acceptors (Lipinski definition) is 15. The number of phosphoric acid groups is 2. The maximum absolute atomic E-state index is 13.1. The third-order valence-corrected chi connectivity index (χ3v) is 20.8. The molecule has 19 heteroatoms. The number of ether oxygens (including phenoxy) is 4. The van der Waals surface area contributed by atoms with E-state index in [0.717, 1.165) is 120 Å². The predicted octanol–water partition coefficient (Wildman–Crippen LogP) is 22.4. The summed E-state index contributed by atoms with van der Waals surface area (Å²) in [6, 6.07) is 0. The quantitative estimate of drug-likeness (QED) is 0.0222. The van der Waals surface area contributed by atoms with Crippen LogP contribution in [0.4, 0.5) is 0 Å². The van der Waals surface area contributed by atoms with Crippen molar-refractivity contribution >= 4 is 39.5 Å². The van der Waals surface area contributed by atoms with E-state index in [9.17, 15) is 43.2 Å². The van der Waals surface area contributed by atoms with Crippen molar-refractivity contribution in [3.8, 4) is 0 Å². The molecule has 0 amide bonds. The van der Waals surface area contributed by atoms with Crippen LogP contribution in [0.2, 0.25) is 0 Å². The molecule has 3 N–H and O–H groups in total. The van der Waals surface area contributed by atoms with Gasteiger partial charge in [0.15, 0.2) is 12.2 Å². The molecule has 0 bridgehead atoms. The number of carbonyl (C=O) groups is 4. The Morgan fingerprint density at radius 2 is 0.500 bits per heavy atom. The maximum Gasteiger partial charge on any atom is 0.472 e. The van der Waals surface area contributed by atoms with Crippen LogP contribution >= 0.6 is 15.6 Å². The fraction of sp³-hybridized carbons (Fsp3) is 0.948. The summed E-state index contributed by atoms with van der Waals surface area (Å²) in [6.45, 7) is 14.3. The van der Waals surface area contributed by atoms with Crippen LogP contribution in [-0.2, 0) is 65.4 Å². The normalized spacial score (nSPS) is 15.0. The van der Waals surface area contributed by atoms with Gasteiger partial charge in [-0.3, -0.25) is 37.3 Å². The highest BCUT2D eigenvalue weighted by molar-refractivity contribution is 7.47. The minimum Gasteiger partial charge on any atom is -0.462 e. The van der Waals surface area contributed by atoms with E-state index in [2.05, 4.69) is 55.4 Å². The van der Waals surface area contributed by atoms with E-state index in [1.54, 1.807) is 0 Å². The van der Waals surface area contributed by atoms with Crippen molar-refractivity contribution in [1.29, 1.82) is 0 Å². The first kappa shape index (κ1) is 94.1. The lowest BCUT2D eigenvalue weighted by Crippen LogP contribution is -2.30. The molecule has 0 aliphatic carbocycles. The second kappa shape index (κ2) is 66.3. The molecule has 0 aliphatic rings. The molecule has 0 saturated carbocycles. The Balaban J connectivity index is 5.26. The smallest absolute Gasteiger partial charge is 0.462 e. The van der Waals surface area contributed by atoms with E-state index in [1.807, 2.05) is 0 Å². The summed E-state index contributed by atoms with van der Waals surface area (Å²) >= 11 is 0. The Hall–Kier alpha value is -1.94. The summed E-state index contributed by atoms with van der Waals surface area (Å²) in [5.41, 5.74) is 0. The van der Waals surface area contributed by atoms with Gasteiger partial charge in [-0.1, -0.05) is 338 Å². The minimum atomic E-state index is -4.96. The van der Waals surface area contributed by atoms with Gasteiger partial charge in [0.25, 0.3) is 0 Å². The van der Waals surface area contributed by atoms with E-state index in [0.29, 0.717) is 25.7 Å². The summed E-state index contributed by atoms with van der Waals surface area (Å²) in [5, 5.41) is 10.6. The molecule has 0 saturated heterocycles. The first-order valence-electron chi connectivity index (χ1n) is 39.8. The van der Waals surface area contributed by atoms with Gasteiger partial charge >= 0.3 is 39.5 Å². The monoisotopic (exact) mass is 1410 g/mol. The van der Waals surface area contributed by atoms with Crippen LogP contribution in [0, 0.1) is 23.7 Å². The highest BCUT2D eigenvalue weighted by atomic mass is 31.2. The molecule has 5 unspecified atom stereocenters. The fourth-order valence-corrected chi connectivity index (χ4v) is 13.2. The molecule has 17 nitrogen and oxygen atoms in total. The molecule has 570 valence electrons. The zero-order chi connectivity index (χ0) is 71.0. The van der Waals surface area contributed by atoms with Crippen LogP contribution in [0.3, 0.4) is 0 Å². The molecule has 0 spiro atoms. The van der Waals surface area contributed by atoms with Crippen LogP contribution in [0.25, 0.3) is 0 Å². The van der Waals surface area contributed by atoms with Gasteiger partial charge in [0.05, 0.1) is 26.4 Å². The number of rotatable bonds is 74. The molecule has 0 aromatic rings. The summed E-state index contributed by atoms with van der Waals surface area (Å²) in [4.78, 5) is 72.9. The van der Waals surface area contributed by atoms with Gasteiger partial charge < -0.3 is 33.8 Å². The third-order valence-electron chi connectivity index (χ3n) is 18.9. The zero-order valence-electron chi connectivity index (χ0n) is 63.0. The molecular formula is C77H150O17P2. The molecule has 0 aromatic carbocycles. The van der Waals surface area contributed by atoms with Gasteiger partial charge in [0, 0.05) is 25.7 Å². The highest BCUT2D eigenvalue weighted by Crippen LogP contribution is 2.45. The summed E-state index contributed by atoms with van der Waals surface area (Å²) < 4.78 is 68.6. The molecule has 8 atom stereocenters. The van der Waals surface area contributed by atoms with Crippen LogP contribution in [-0.4, -0.2) is 96.7 Å². The number of aliphatic hydroxyl groups is 1.